The van der Waals surface area contributed by atoms with E-state index in [4.69, 9.17) is 0 Å². The molecule has 98 valence electrons. The van der Waals surface area contributed by atoms with Crippen molar-refractivity contribution in [2.45, 2.75) is 31.8 Å². The first-order chi connectivity index (χ1) is 9.24. The van der Waals surface area contributed by atoms with E-state index in [-0.39, 0.29) is 11.9 Å². The molecule has 0 bridgehead atoms. The van der Waals surface area contributed by atoms with Crippen molar-refractivity contribution in [3.05, 3.63) is 71.0 Å². The van der Waals surface area contributed by atoms with Crippen molar-refractivity contribution in [1.29, 1.82) is 0 Å². The molecule has 0 saturated carbocycles. The monoisotopic (exact) mass is 255 g/mol. The highest BCUT2D eigenvalue weighted by molar-refractivity contribution is 5.34. The lowest BCUT2D eigenvalue weighted by Gasteiger charge is -2.20. The summed E-state index contributed by atoms with van der Waals surface area (Å²) in [5, 5.41) is 3.61. The van der Waals surface area contributed by atoms with Gasteiger partial charge in [-0.1, -0.05) is 36.4 Å². The molecule has 1 unspecified atom stereocenters. The third kappa shape index (κ3) is 2.54. The van der Waals surface area contributed by atoms with Gasteiger partial charge in [-0.15, -0.1) is 0 Å². The molecule has 1 aliphatic rings. The third-order valence-electron chi connectivity index (χ3n) is 3.93. The van der Waals surface area contributed by atoms with Crippen molar-refractivity contribution in [2.24, 2.45) is 0 Å². The summed E-state index contributed by atoms with van der Waals surface area (Å²) in [5.41, 5.74) is 3.83. The van der Waals surface area contributed by atoms with Gasteiger partial charge in [0.25, 0.3) is 0 Å². The van der Waals surface area contributed by atoms with Gasteiger partial charge in [-0.25, -0.2) is 4.39 Å². The first-order valence-corrected chi connectivity index (χ1v) is 6.83. The fourth-order valence-corrected chi connectivity index (χ4v) is 2.90. The number of fused-ring (bicyclic) bond motifs is 1. The highest BCUT2D eigenvalue weighted by Gasteiger charge is 2.23. The minimum atomic E-state index is -0.169. The maximum Gasteiger partial charge on any atom is 0.123 e. The highest BCUT2D eigenvalue weighted by Crippen LogP contribution is 2.32. The predicted molar refractivity (Wildman–Crippen MR) is 75.5 cm³/mol. The van der Waals surface area contributed by atoms with Gasteiger partial charge in [0.2, 0.25) is 0 Å². The van der Waals surface area contributed by atoms with E-state index < -0.39 is 0 Å². The maximum absolute atomic E-state index is 13.3. The predicted octanol–water partition coefficient (Wildman–Crippen LogP) is 4.16. The number of aryl methyl sites for hydroxylation is 1. The van der Waals surface area contributed by atoms with E-state index in [1.807, 2.05) is 6.07 Å². The van der Waals surface area contributed by atoms with E-state index >= 15 is 0 Å². The number of hydrogen-bond donors (Lipinski definition) is 1. The molecule has 2 aromatic carbocycles. The summed E-state index contributed by atoms with van der Waals surface area (Å²) in [7, 11) is 0. The Kier molecular flexibility index (Phi) is 3.34. The largest absolute Gasteiger partial charge is 0.303 e. The molecule has 2 atom stereocenters. The van der Waals surface area contributed by atoms with Crippen LogP contribution in [-0.2, 0) is 6.42 Å². The Balaban J connectivity index is 1.76. The number of nitrogens with one attached hydrogen (secondary N) is 1. The first-order valence-electron chi connectivity index (χ1n) is 6.83. The van der Waals surface area contributed by atoms with Crippen LogP contribution in [-0.4, -0.2) is 0 Å². The number of rotatable bonds is 3. The van der Waals surface area contributed by atoms with Gasteiger partial charge in [-0.3, -0.25) is 0 Å². The van der Waals surface area contributed by atoms with E-state index in [1.54, 1.807) is 12.1 Å². The molecular formula is C17H18FN. The van der Waals surface area contributed by atoms with Crippen molar-refractivity contribution < 1.29 is 4.39 Å². The smallest absolute Gasteiger partial charge is 0.123 e. The molecule has 2 heteroatoms. The minimum absolute atomic E-state index is 0.159. The van der Waals surface area contributed by atoms with Crippen LogP contribution in [0.5, 0.6) is 0 Å². The van der Waals surface area contributed by atoms with E-state index in [1.165, 1.54) is 17.2 Å². The molecule has 2 aromatic rings. The van der Waals surface area contributed by atoms with Crippen LogP contribution in [0.15, 0.2) is 48.5 Å². The summed E-state index contributed by atoms with van der Waals surface area (Å²) in [4.78, 5) is 0. The summed E-state index contributed by atoms with van der Waals surface area (Å²) in [6.45, 7) is 2.09. The summed E-state index contributed by atoms with van der Waals surface area (Å²) in [6.07, 6.45) is 2.25. The standard InChI is InChI=1S/C17H18FN/c1-12(14-6-4-7-15(18)11-14)19-17-10-9-13-5-2-3-8-16(13)17/h2-8,11-12,17,19H,9-10H2,1H3/t12-,17?/m0/s1. The second kappa shape index (κ2) is 5.14. The van der Waals surface area contributed by atoms with Gasteiger partial charge >= 0.3 is 0 Å². The second-order valence-electron chi connectivity index (χ2n) is 5.23. The van der Waals surface area contributed by atoms with Gasteiger partial charge in [0.1, 0.15) is 5.82 Å². The Hall–Kier alpha value is -1.67. The molecule has 0 radical (unpaired) electrons. The Labute approximate surface area is 113 Å². The van der Waals surface area contributed by atoms with Crippen LogP contribution in [0.4, 0.5) is 4.39 Å². The SMILES string of the molecule is C[C@H](NC1CCc2ccccc21)c1cccc(F)c1. The summed E-state index contributed by atoms with van der Waals surface area (Å²) in [6, 6.07) is 16.0. The zero-order valence-corrected chi connectivity index (χ0v) is 11.1. The molecule has 0 aliphatic heterocycles. The highest BCUT2D eigenvalue weighted by atomic mass is 19.1. The maximum atomic E-state index is 13.3. The molecule has 0 heterocycles. The van der Waals surface area contributed by atoms with Crippen molar-refractivity contribution in [3.63, 3.8) is 0 Å². The molecule has 19 heavy (non-hydrogen) atoms. The van der Waals surface area contributed by atoms with Crippen LogP contribution < -0.4 is 5.32 Å². The molecule has 0 spiro atoms. The van der Waals surface area contributed by atoms with E-state index in [2.05, 4.69) is 36.5 Å². The van der Waals surface area contributed by atoms with Gasteiger partial charge in [-0.05, 0) is 48.6 Å². The normalized spacial score (nSPS) is 19.2. The quantitative estimate of drug-likeness (QED) is 0.868. The lowest BCUT2D eigenvalue weighted by atomic mass is 10.0. The van der Waals surface area contributed by atoms with Crippen LogP contribution in [0.1, 0.15) is 42.1 Å². The molecular weight excluding hydrogens is 237 g/mol. The number of hydrogen-bond acceptors (Lipinski definition) is 1. The molecule has 0 amide bonds. The summed E-state index contributed by atoms with van der Waals surface area (Å²) in [5.74, 6) is -0.169. The van der Waals surface area contributed by atoms with Crippen LogP contribution in [0, 0.1) is 5.82 Å². The minimum Gasteiger partial charge on any atom is -0.303 e. The van der Waals surface area contributed by atoms with Crippen LogP contribution in [0.3, 0.4) is 0 Å². The van der Waals surface area contributed by atoms with Crippen LogP contribution in [0.2, 0.25) is 0 Å². The zero-order chi connectivity index (χ0) is 13.2. The van der Waals surface area contributed by atoms with Gasteiger partial charge in [0.15, 0.2) is 0 Å². The summed E-state index contributed by atoms with van der Waals surface area (Å²) >= 11 is 0. The van der Waals surface area contributed by atoms with Crippen LogP contribution >= 0.6 is 0 Å². The van der Waals surface area contributed by atoms with Gasteiger partial charge in [0, 0.05) is 12.1 Å². The molecule has 0 aromatic heterocycles. The molecule has 0 saturated heterocycles. The molecule has 1 N–H and O–H groups in total. The van der Waals surface area contributed by atoms with E-state index in [0.717, 1.165) is 18.4 Å². The van der Waals surface area contributed by atoms with Crippen molar-refractivity contribution in [3.8, 4) is 0 Å². The Morgan fingerprint density at radius 2 is 2.00 bits per heavy atom. The van der Waals surface area contributed by atoms with Crippen molar-refractivity contribution in [1.82, 2.24) is 5.32 Å². The average molecular weight is 255 g/mol. The first kappa shape index (κ1) is 12.4. The average Bonchev–Trinajstić information content (AvgIpc) is 2.82. The fraction of sp³-hybridized carbons (Fsp3) is 0.294. The Morgan fingerprint density at radius 1 is 1.16 bits per heavy atom. The third-order valence-corrected chi connectivity index (χ3v) is 3.93. The van der Waals surface area contributed by atoms with Gasteiger partial charge in [0.05, 0.1) is 0 Å². The van der Waals surface area contributed by atoms with Gasteiger partial charge in [-0.2, -0.15) is 0 Å². The molecule has 0 fully saturated rings. The summed E-state index contributed by atoms with van der Waals surface area (Å²) < 4.78 is 13.3. The lowest BCUT2D eigenvalue weighted by molar-refractivity contribution is 0.463. The van der Waals surface area contributed by atoms with Gasteiger partial charge < -0.3 is 5.32 Å². The topological polar surface area (TPSA) is 12.0 Å². The molecule has 1 aliphatic carbocycles. The molecule has 3 rings (SSSR count). The fourth-order valence-electron chi connectivity index (χ4n) is 2.90. The van der Waals surface area contributed by atoms with Crippen LogP contribution in [0.25, 0.3) is 0 Å². The number of halogens is 1. The number of benzene rings is 2. The zero-order valence-electron chi connectivity index (χ0n) is 11.1. The van der Waals surface area contributed by atoms with Crippen molar-refractivity contribution >= 4 is 0 Å². The van der Waals surface area contributed by atoms with E-state index in [0.29, 0.717) is 6.04 Å². The second-order valence-corrected chi connectivity index (χ2v) is 5.23. The van der Waals surface area contributed by atoms with E-state index in [9.17, 15) is 4.39 Å². The Morgan fingerprint density at radius 3 is 2.84 bits per heavy atom. The lowest BCUT2D eigenvalue weighted by Crippen LogP contribution is -2.23. The van der Waals surface area contributed by atoms with Crippen molar-refractivity contribution in [2.75, 3.05) is 0 Å². The molecule has 1 nitrogen and oxygen atoms in total. The Bertz CT molecular complexity index is 579.